The van der Waals surface area contributed by atoms with E-state index in [0.29, 0.717) is 0 Å². The summed E-state index contributed by atoms with van der Waals surface area (Å²) in [5.41, 5.74) is 17.0. The van der Waals surface area contributed by atoms with Crippen LogP contribution in [-0.4, -0.2) is 11.7 Å². The van der Waals surface area contributed by atoms with E-state index in [1.165, 1.54) is 154 Å². The van der Waals surface area contributed by atoms with Gasteiger partial charge in [-0.15, -0.1) is 22.7 Å². The van der Waals surface area contributed by atoms with Crippen LogP contribution in [0.1, 0.15) is 175 Å². The van der Waals surface area contributed by atoms with Crippen LogP contribution in [0.15, 0.2) is 84.9 Å². The highest BCUT2D eigenvalue weighted by atomic mass is 32.1. The van der Waals surface area contributed by atoms with Crippen molar-refractivity contribution in [3.63, 3.8) is 0 Å². The molecule has 5 heterocycles. The zero-order valence-corrected chi connectivity index (χ0v) is 47.6. The van der Waals surface area contributed by atoms with Crippen LogP contribution >= 0.6 is 22.7 Å². The van der Waals surface area contributed by atoms with Gasteiger partial charge >= 0.3 is 0 Å². The second-order valence-corrected chi connectivity index (χ2v) is 31.8. The summed E-state index contributed by atoms with van der Waals surface area (Å²) in [4.78, 5) is 12.0. The van der Waals surface area contributed by atoms with E-state index in [-0.39, 0.29) is 39.2 Å². The molecular formula is C67H76BN3S2. The largest absolute Gasteiger partial charge is 0.310 e. The van der Waals surface area contributed by atoms with Crippen molar-refractivity contribution in [3.05, 3.63) is 118 Å². The molecule has 7 fully saturated rings. The Morgan fingerprint density at radius 3 is 1.52 bits per heavy atom. The van der Waals surface area contributed by atoms with Gasteiger partial charge in [-0.25, -0.2) is 4.98 Å². The predicted octanol–water partition coefficient (Wildman–Crippen LogP) is 16.8. The number of anilines is 6. The lowest BCUT2D eigenvalue weighted by Gasteiger charge is -2.72. The van der Waals surface area contributed by atoms with Gasteiger partial charge in [-0.05, 0) is 208 Å². The molecule has 0 amide bonds. The predicted molar refractivity (Wildman–Crippen MR) is 314 cm³/mol. The molecule has 0 unspecified atom stereocenters. The minimum atomic E-state index is 0.0119. The second-order valence-electron chi connectivity index (χ2n) is 29.7. The molecular weight excluding hydrogens is 922 g/mol. The maximum atomic E-state index is 6.44. The molecule has 0 saturated heterocycles. The molecule has 3 nitrogen and oxygen atoms in total. The van der Waals surface area contributed by atoms with E-state index >= 15 is 0 Å². The first-order chi connectivity index (χ1) is 34.5. The molecule has 0 radical (unpaired) electrons. The lowest BCUT2D eigenvalue weighted by atomic mass is 9.32. The number of thiophene rings is 2. The van der Waals surface area contributed by atoms with Crippen LogP contribution in [-0.2, 0) is 32.5 Å². The molecule has 10 aliphatic rings. The van der Waals surface area contributed by atoms with Crippen molar-refractivity contribution in [2.75, 3.05) is 9.80 Å². The van der Waals surface area contributed by atoms with Crippen molar-refractivity contribution in [2.45, 2.75) is 174 Å². The van der Waals surface area contributed by atoms with Crippen molar-refractivity contribution < 1.29 is 0 Å². The van der Waals surface area contributed by atoms with Crippen molar-refractivity contribution in [3.8, 4) is 0 Å². The average molecular weight is 998 g/mol. The van der Waals surface area contributed by atoms with Gasteiger partial charge in [-0.1, -0.05) is 120 Å². The molecule has 374 valence electrons. The summed E-state index contributed by atoms with van der Waals surface area (Å²) in [5, 5.41) is 2.77. The lowest BCUT2D eigenvalue weighted by Crippen LogP contribution is -2.66. The number of fused-ring (bicyclic) bond motifs is 9. The van der Waals surface area contributed by atoms with Crippen molar-refractivity contribution in [2.24, 2.45) is 41.4 Å². The molecule has 6 heteroatoms. The Balaban J connectivity index is 1.07. The number of aromatic nitrogens is 1. The Kier molecular flexibility index (Phi) is 9.16. The second kappa shape index (κ2) is 14.5. The molecule has 0 spiro atoms. The summed E-state index contributed by atoms with van der Waals surface area (Å²) < 4.78 is 5.68. The molecule has 2 aliphatic heterocycles. The van der Waals surface area contributed by atoms with Crippen LogP contribution in [0.5, 0.6) is 0 Å². The van der Waals surface area contributed by atoms with E-state index < -0.39 is 0 Å². The molecule has 3 aromatic heterocycles. The maximum Gasteiger partial charge on any atom is 0.279 e. The molecule has 73 heavy (non-hydrogen) atoms. The van der Waals surface area contributed by atoms with Gasteiger partial charge in [0.15, 0.2) is 0 Å². The summed E-state index contributed by atoms with van der Waals surface area (Å²) in [6, 6.07) is 35.1. The molecule has 17 rings (SSSR count). The van der Waals surface area contributed by atoms with Crippen LogP contribution in [0.3, 0.4) is 0 Å². The van der Waals surface area contributed by atoms with Gasteiger partial charge in [0, 0.05) is 52.2 Å². The molecule has 4 aromatic carbocycles. The number of benzene rings is 4. The summed E-state index contributed by atoms with van der Waals surface area (Å²) in [5.74, 6) is 7.59. The highest BCUT2D eigenvalue weighted by Gasteiger charge is 2.68. The molecule has 0 N–H and O–H groups in total. The van der Waals surface area contributed by atoms with E-state index in [0.717, 1.165) is 41.4 Å². The first-order valence-electron chi connectivity index (χ1n) is 28.5. The summed E-state index contributed by atoms with van der Waals surface area (Å²) >= 11 is 4.10. The van der Waals surface area contributed by atoms with Gasteiger partial charge in [0.05, 0.1) is 17.1 Å². The minimum Gasteiger partial charge on any atom is -0.310 e. The van der Waals surface area contributed by atoms with Crippen LogP contribution in [0, 0.1) is 41.4 Å². The fourth-order valence-electron chi connectivity index (χ4n) is 17.6. The van der Waals surface area contributed by atoms with Crippen molar-refractivity contribution in [1.82, 2.24) is 4.98 Å². The van der Waals surface area contributed by atoms with E-state index in [1.807, 2.05) is 11.3 Å². The Labute approximate surface area is 444 Å². The number of hydrogen-bond donors (Lipinski definition) is 0. The standard InChI is InChI=1S/C67H76BN3S2/c1-62(2,3)37-14-18-40(19-15-37)71-58-46-30-39(64(7,8)9)17-23-54(46)73-60(58)68-56-52(32-55(69-61(56)71)67-33-47-42-26-36-27-43(47)49(35-67)44(28-36)48(42)34-67)70(41-20-21-50-51(31-41)66(12,13)25-24-65(50,10)11)57-45-29-38(63(4,5)6)16-22-53(45)72-59(57)68/h14-23,29-32,36,42-44,47-49H,24-28,33-35H2,1-13H3. The quantitative estimate of drug-likeness (QED) is 0.164. The Morgan fingerprint density at radius 2 is 1.00 bits per heavy atom. The van der Waals surface area contributed by atoms with Crippen LogP contribution in [0.2, 0.25) is 0 Å². The topological polar surface area (TPSA) is 19.4 Å². The maximum absolute atomic E-state index is 6.44. The summed E-state index contributed by atoms with van der Waals surface area (Å²) in [6.07, 6.45) is 10.9. The van der Waals surface area contributed by atoms with Gasteiger partial charge in [0.1, 0.15) is 5.82 Å². The van der Waals surface area contributed by atoms with Crippen LogP contribution in [0.25, 0.3) is 20.2 Å². The highest BCUT2D eigenvalue weighted by molar-refractivity contribution is 7.40. The van der Waals surface area contributed by atoms with E-state index in [1.54, 1.807) is 0 Å². The Hall–Kier alpha value is -4.39. The number of pyridine rings is 1. The van der Waals surface area contributed by atoms with E-state index in [2.05, 4.69) is 196 Å². The average Bonchev–Trinajstić information content (AvgIpc) is 3.92. The number of rotatable bonds is 3. The smallest absolute Gasteiger partial charge is 0.279 e. The van der Waals surface area contributed by atoms with Gasteiger partial charge in [0.2, 0.25) is 0 Å². The monoisotopic (exact) mass is 998 g/mol. The lowest BCUT2D eigenvalue weighted by molar-refractivity contribution is -0.213. The Morgan fingerprint density at radius 1 is 0.521 bits per heavy atom. The fourth-order valence-corrected chi connectivity index (χ4v) is 20.3. The number of nitrogens with zero attached hydrogens (tertiary/aromatic N) is 3. The molecule has 8 bridgehead atoms. The molecule has 7 aromatic rings. The third kappa shape index (κ3) is 6.32. The normalized spacial score (nSPS) is 28.8. The third-order valence-electron chi connectivity index (χ3n) is 21.5. The summed E-state index contributed by atoms with van der Waals surface area (Å²) in [6.45, 7) is 31.4. The first-order valence-corrected chi connectivity index (χ1v) is 30.2. The van der Waals surface area contributed by atoms with Gasteiger partial charge < -0.3 is 4.90 Å². The molecule has 7 saturated carbocycles. The third-order valence-corrected chi connectivity index (χ3v) is 23.9. The number of hydrogen-bond acceptors (Lipinski definition) is 5. The van der Waals surface area contributed by atoms with Crippen molar-refractivity contribution in [1.29, 1.82) is 0 Å². The fraction of sp³-hybridized carbons (Fsp3) is 0.507. The first kappa shape index (κ1) is 46.0. The SMILES string of the molecule is CC(C)(C)c1ccc(N2c3nc(C45CC6C7CC8CC6C(C4)C(C8)C7C5)cc4c3B(c3sc5ccc(C(C)(C)C)cc5c3N4c3ccc4c(c3)C(C)(C)CCC4(C)C)c3sc4ccc(C(C)(C)C)cc4c32)cc1. The van der Waals surface area contributed by atoms with Gasteiger partial charge in [0.25, 0.3) is 6.71 Å². The zero-order valence-electron chi connectivity index (χ0n) is 46.0. The minimum absolute atomic E-state index is 0.0119. The molecule has 0 atom stereocenters. The highest BCUT2D eigenvalue weighted by Crippen LogP contribution is 2.74. The van der Waals surface area contributed by atoms with E-state index in [9.17, 15) is 0 Å². The molecule has 8 aliphatic carbocycles. The van der Waals surface area contributed by atoms with Crippen LogP contribution < -0.4 is 24.8 Å². The van der Waals surface area contributed by atoms with Crippen molar-refractivity contribution >= 4 is 98.8 Å². The van der Waals surface area contributed by atoms with E-state index in [4.69, 9.17) is 4.98 Å². The van der Waals surface area contributed by atoms with Gasteiger partial charge in [-0.3, -0.25) is 4.90 Å². The summed E-state index contributed by atoms with van der Waals surface area (Å²) in [7, 11) is 0. The Bertz CT molecular complexity index is 3450. The van der Waals surface area contributed by atoms with Crippen LogP contribution in [0.4, 0.5) is 34.3 Å². The van der Waals surface area contributed by atoms with Gasteiger partial charge in [-0.2, -0.15) is 0 Å². The zero-order chi connectivity index (χ0) is 50.4.